The van der Waals surface area contributed by atoms with Crippen LogP contribution in [0.5, 0.6) is 0 Å². The van der Waals surface area contributed by atoms with E-state index in [1.54, 1.807) is 0 Å². The monoisotopic (exact) mass is 714 g/mol. The molecule has 2 nitrogen and oxygen atoms in total. The van der Waals surface area contributed by atoms with Crippen LogP contribution in [0.25, 0.3) is 72.0 Å². The van der Waals surface area contributed by atoms with Crippen molar-refractivity contribution in [3.05, 3.63) is 231 Å². The molecule has 0 bridgehead atoms. The summed E-state index contributed by atoms with van der Waals surface area (Å²) in [5.41, 5.74) is 16.3. The minimum atomic E-state index is 1.12. The van der Waals surface area contributed by atoms with Gasteiger partial charge in [-0.15, -0.1) is 0 Å². The fourth-order valence-electron chi connectivity index (χ4n) is 8.31. The zero-order valence-electron chi connectivity index (χ0n) is 30.8. The summed E-state index contributed by atoms with van der Waals surface area (Å²) in [5.74, 6) is 0. The predicted octanol–water partition coefficient (Wildman–Crippen LogP) is 14.9. The van der Waals surface area contributed by atoms with Crippen molar-refractivity contribution in [1.29, 1.82) is 0 Å². The lowest BCUT2D eigenvalue weighted by Gasteiger charge is -2.30. The van der Waals surface area contributed by atoms with Gasteiger partial charge in [0.15, 0.2) is 0 Å². The van der Waals surface area contributed by atoms with Gasteiger partial charge in [-0.05, 0) is 75.8 Å². The summed E-state index contributed by atoms with van der Waals surface area (Å²) < 4.78 is 2.42. The standard InChI is InChI=1S/C54H38N2/c1-4-19-39(20-5-1)44-25-10-11-26-45(44)42-35-37-43(38-36-42)55-51-32-17-14-29-48(51)54-52(55)33-18-34-53(54)56(49-30-15-12-27-46(49)40-21-6-2-7-22-40)50-31-16-13-28-47(50)41-23-8-3-9-24-41/h1-38H. The number of anilines is 3. The molecule has 0 atom stereocenters. The number of benzene rings is 9. The van der Waals surface area contributed by atoms with Gasteiger partial charge in [0.1, 0.15) is 0 Å². The first-order chi connectivity index (χ1) is 27.8. The van der Waals surface area contributed by atoms with E-state index in [2.05, 4.69) is 240 Å². The molecule has 1 aromatic heterocycles. The lowest BCUT2D eigenvalue weighted by molar-refractivity contribution is 1.18. The number of hydrogen-bond donors (Lipinski definition) is 0. The maximum atomic E-state index is 2.48. The molecule has 0 radical (unpaired) electrons. The Bertz CT molecular complexity index is 2860. The largest absolute Gasteiger partial charge is 0.309 e. The molecular formula is C54H38N2. The van der Waals surface area contributed by atoms with Crippen molar-refractivity contribution in [3.63, 3.8) is 0 Å². The van der Waals surface area contributed by atoms with Gasteiger partial charge in [0.2, 0.25) is 0 Å². The molecule has 0 unspecified atom stereocenters. The first-order valence-electron chi connectivity index (χ1n) is 19.2. The molecule has 56 heavy (non-hydrogen) atoms. The van der Waals surface area contributed by atoms with E-state index in [1.807, 2.05) is 0 Å². The number of aromatic nitrogens is 1. The van der Waals surface area contributed by atoms with E-state index in [0.717, 1.165) is 28.3 Å². The minimum Gasteiger partial charge on any atom is -0.309 e. The van der Waals surface area contributed by atoms with Crippen LogP contribution in [-0.4, -0.2) is 4.57 Å². The second kappa shape index (κ2) is 14.4. The summed E-state index contributed by atoms with van der Waals surface area (Å²) in [5, 5.41) is 2.41. The van der Waals surface area contributed by atoms with Crippen LogP contribution in [0.15, 0.2) is 231 Å². The Hall–Kier alpha value is -7.42. The molecule has 10 aromatic rings. The Morgan fingerprint density at radius 3 is 1.21 bits per heavy atom. The van der Waals surface area contributed by atoms with Crippen LogP contribution in [0.2, 0.25) is 0 Å². The SMILES string of the molecule is c1ccc(-c2ccccc2-c2ccc(-n3c4ccccc4c4c(N(c5ccccc5-c5ccccc5)c5ccccc5-c5ccccc5)cccc43)cc2)cc1. The molecule has 0 fully saturated rings. The lowest BCUT2D eigenvalue weighted by atomic mass is 9.94. The smallest absolute Gasteiger partial charge is 0.0562 e. The fourth-order valence-corrected chi connectivity index (χ4v) is 8.31. The molecule has 0 aliphatic rings. The Labute approximate surface area is 327 Å². The predicted molar refractivity (Wildman–Crippen MR) is 237 cm³/mol. The summed E-state index contributed by atoms with van der Waals surface area (Å²) in [6.45, 7) is 0. The molecular weight excluding hydrogens is 677 g/mol. The molecule has 2 heteroatoms. The zero-order valence-corrected chi connectivity index (χ0v) is 30.8. The third kappa shape index (κ3) is 5.85. The second-order valence-corrected chi connectivity index (χ2v) is 14.1. The number of nitrogens with zero attached hydrogens (tertiary/aromatic N) is 2. The summed E-state index contributed by atoms with van der Waals surface area (Å²) in [6, 6.07) is 83.0. The highest BCUT2D eigenvalue weighted by atomic mass is 15.2. The van der Waals surface area contributed by atoms with Crippen LogP contribution < -0.4 is 4.90 Å². The van der Waals surface area contributed by atoms with Crippen LogP contribution in [0.3, 0.4) is 0 Å². The van der Waals surface area contributed by atoms with Gasteiger partial charge in [0.25, 0.3) is 0 Å². The molecule has 0 amide bonds. The number of fused-ring (bicyclic) bond motifs is 3. The van der Waals surface area contributed by atoms with E-state index in [9.17, 15) is 0 Å². The Morgan fingerprint density at radius 2 is 0.661 bits per heavy atom. The van der Waals surface area contributed by atoms with E-state index in [0.29, 0.717) is 0 Å². The number of hydrogen-bond acceptors (Lipinski definition) is 1. The molecule has 1 heterocycles. The summed E-state index contributed by atoms with van der Waals surface area (Å²) >= 11 is 0. The highest BCUT2D eigenvalue weighted by Gasteiger charge is 2.24. The topological polar surface area (TPSA) is 8.17 Å². The van der Waals surface area contributed by atoms with Crippen LogP contribution in [0.4, 0.5) is 17.1 Å². The fraction of sp³-hybridized carbons (Fsp3) is 0. The maximum Gasteiger partial charge on any atom is 0.0562 e. The summed E-state index contributed by atoms with van der Waals surface area (Å²) in [4.78, 5) is 2.48. The quantitative estimate of drug-likeness (QED) is 0.152. The van der Waals surface area contributed by atoms with Gasteiger partial charge in [0.05, 0.1) is 28.1 Å². The van der Waals surface area contributed by atoms with Crippen LogP contribution in [-0.2, 0) is 0 Å². The van der Waals surface area contributed by atoms with Gasteiger partial charge in [-0.25, -0.2) is 0 Å². The Morgan fingerprint density at radius 1 is 0.268 bits per heavy atom. The van der Waals surface area contributed by atoms with Crippen molar-refractivity contribution in [3.8, 4) is 50.2 Å². The van der Waals surface area contributed by atoms with E-state index in [-0.39, 0.29) is 0 Å². The maximum absolute atomic E-state index is 2.48. The number of rotatable bonds is 8. The van der Waals surface area contributed by atoms with E-state index in [4.69, 9.17) is 0 Å². The first-order valence-corrected chi connectivity index (χ1v) is 19.2. The van der Waals surface area contributed by atoms with Crippen molar-refractivity contribution < 1.29 is 0 Å². The van der Waals surface area contributed by atoms with Gasteiger partial charge >= 0.3 is 0 Å². The lowest BCUT2D eigenvalue weighted by Crippen LogP contribution is -2.13. The van der Waals surface area contributed by atoms with Crippen molar-refractivity contribution in [2.75, 3.05) is 4.90 Å². The average Bonchev–Trinajstić information content (AvgIpc) is 3.63. The molecule has 10 rings (SSSR count). The van der Waals surface area contributed by atoms with E-state index in [1.165, 1.54) is 60.8 Å². The Balaban J connectivity index is 1.20. The number of para-hydroxylation sites is 3. The second-order valence-electron chi connectivity index (χ2n) is 14.1. The summed E-state index contributed by atoms with van der Waals surface area (Å²) in [7, 11) is 0. The highest BCUT2D eigenvalue weighted by Crippen LogP contribution is 2.48. The van der Waals surface area contributed by atoms with Crippen LogP contribution in [0.1, 0.15) is 0 Å². The summed E-state index contributed by atoms with van der Waals surface area (Å²) in [6.07, 6.45) is 0. The molecule has 0 saturated heterocycles. The van der Waals surface area contributed by atoms with Gasteiger partial charge in [-0.1, -0.05) is 188 Å². The van der Waals surface area contributed by atoms with Gasteiger partial charge in [-0.3, -0.25) is 0 Å². The third-order valence-electron chi connectivity index (χ3n) is 10.8. The molecule has 0 aliphatic carbocycles. The van der Waals surface area contributed by atoms with E-state index >= 15 is 0 Å². The molecule has 264 valence electrons. The van der Waals surface area contributed by atoms with Crippen molar-refractivity contribution in [1.82, 2.24) is 4.57 Å². The molecule has 0 spiro atoms. The normalized spacial score (nSPS) is 11.2. The van der Waals surface area contributed by atoms with Gasteiger partial charge < -0.3 is 9.47 Å². The average molecular weight is 715 g/mol. The highest BCUT2D eigenvalue weighted by molar-refractivity contribution is 6.17. The van der Waals surface area contributed by atoms with Crippen molar-refractivity contribution >= 4 is 38.9 Å². The third-order valence-corrected chi connectivity index (χ3v) is 10.8. The molecule has 0 aliphatic heterocycles. The zero-order chi connectivity index (χ0) is 37.3. The Kier molecular flexibility index (Phi) is 8.55. The molecule has 0 saturated carbocycles. The van der Waals surface area contributed by atoms with Crippen LogP contribution >= 0.6 is 0 Å². The van der Waals surface area contributed by atoms with Crippen molar-refractivity contribution in [2.24, 2.45) is 0 Å². The van der Waals surface area contributed by atoms with E-state index < -0.39 is 0 Å². The molecule has 9 aromatic carbocycles. The van der Waals surface area contributed by atoms with Gasteiger partial charge in [0, 0.05) is 27.6 Å². The van der Waals surface area contributed by atoms with Gasteiger partial charge in [-0.2, -0.15) is 0 Å². The minimum absolute atomic E-state index is 1.12. The van der Waals surface area contributed by atoms with Crippen molar-refractivity contribution in [2.45, 2.75) is 0 Å². The molecule has 0 N–H and O–H groups in total. The first kappa shape index (κ1) is 33.2. The van der Waals surface area contributed by atoms with Crippen LogP contribution in [0, 0.1) is 0 Å².